The summed E-state index contributed by atoms with van der Waals surface area (Å²) in [7, 11) is 1.54. The van der Waals surface area contributed by atoms with Crippen molar-refractivity contribution < 1.29 is 42.9 Å². The SMILES string of the molecule is CCc1ccc(C(=O)Oc2ccc(C(=O)Oc3c(-c4c(-c5ccccc5)cc5ccccc5c4OC(=O)c4ccc(OC(=O)c5ccc(OC)cc5)cc4)c(-c4ccccc4)cc4ccccc34)cc2)cc1. The van der Waals surface area contributed by atoms with Crippen LogP contribution in [-0.2, 0) is 6.42 Å². The van der Waals surface area contributed by atoms with Gasteiger partial charge in [0.05, 0.1) is 29.4 Å². The van der Waals surface area contributed by atoms with Crippen molar-refractivity contribution in [2.75, 3.05) is 7.11 Å². The third kappa shape index (κ3) is 9.68. The highest BCUT2D eigenvalue weighted by molar-refractivity contribution is 6.13. The van der Waals surface area contributed by atoms with Crippen LogP contribution in [0.4, 0.5) is 0 Å². The Morgan fingerprint density at radius 2 is 0.694 bits per heavy atom. The second kappa shape index (κ2) is 20.6. The Hall–Kier alpha value is -9.60. The van der Waals surface area contributed by atoms with Crippen LogP contribution in [0, 0.1) is 0 Å². The van der Waals surface area contributed by atoms with Gasteiger partial charge in [0.15, 0.2) is 0 Å². The molecule has 0 unspecified atom stereocenters. The second-order valence-electron chi connectivity index (χ2n) is 16.8. The lowest BCUT2D eigenvalue weighted by molar-refractivity contribution is 0.0720. The molecule has 9 nitrogen and oxygen atoms in total. The fourth-order valence-corrected chi connectivity index (χ4v) is 8.58. The van der Waals surface area contributed by atoms with E-state index in [9.17, 15) is 19.2 Å². The van der Waals surface area contributed by atoms with E-state index in [4.69, 9.17) is 23.7 Å². The number of ether oxygens (including phenoxy) is 5. The second-order valence-corrected chi connectivity index (χ2v) is 16.8. The lowest BCUT2D eigenvalue weighted by Gasteiger charge is -2.24. The van der Waals surface area contributed by atoms with Crippen LogP contribution in [0.15, 0.2) is 218 Å². The van der Waals surface area contributed by atoms with E-state index >= 15 is 0 Å². The summed E-state index contributed by atoms with van der Waals surface area (Å²) >= 11 is 0. The molecule has 10 aromatic rings. The van der Waals surface area contributed by atoms with Crippen molar-refractivity contribution in [3.05, 3.63) is 246 Å². The van der Waals surface area contributed by atoms with E-state index in [0.29, 0.717) is 49.9 Å². The Morgan fingerprint density at radius 1 is 0.361 bits per heavy atom. The maximum atomic E-state index is 14.7. The monoisotopic (exact) mass is 944 g/mol. The van der Waals surface area contributed by atoms with Gasteiger partial charge in [-0.3, -0.25) is 0 Å². The van der Waals surface area contributed by atoms with Crippen molar-refractivity contribution in [1.82, 2.24) is 0 Å². The number of benzene rings is 10. The molecule has 0 aliphatic rings. The molecule has 0 aliphatic carbocycles. The van der Waals surface area contributed by atoms with Crippen LogP contribution in [-0.4, -0.2) is 31.0 Å². The molecule has 0 atom stereocenters. The number of hydrogen-bond acceptors (Lipinski definition) is 9. The van der Waals surface area contributed by atoms with Gasteiger partial charge in [-0.05, 0) is 142 Å². The van der Waals surface area contributed by atoms with E-state index in [-0.39, 0.29) is 34.1 Å². The molecule has 0 amide bonds. The lowest BCUT2D eigenvalue weighted by Crippen LogP contribution is -2.13. The summed E-state index contributed by atoms with van der Waals surface area (Å²) in [6.45, 7) is 2.04. The zero-order chi connectivity index (χ0) is 49.6. The smallest absolute Gasteiger partial charge is 0.343 e. The van der Waals surface area contributed by atoms with Crippen LogP contribution in [0.1, 0.15) is 53.9 Å². The van der Waals surface area contributed by atoms with Gasteiger partial charge in [0.2, 0.25) is 0 Å². The van der Waals surface area contributed by atoms with Gasteiger partial charge in [-0.15, -0.1) is 0 Å². The third-order valence-electron chi connectivity index (χ3n) is 12.3. The normalized spacial score (nSPS) is 10.9. The van der Waals surface area contributed by atoms with Crippen molar-refractivity contribution in [2.24, 2.45) is 0 Å². The highest BCUT2D eigenvalue weighted by Crippen LogP contribution is 2.53. The van der Waals surface area contributed by atoms with Gasteiger partial charge in [0, 0.05) is 21.9 Å². The number of methoxy groups -OCH3 is 1. The summed E-state index contributed by atoms with van der Waals surface area (Å²) in [6, 6.07) is 65.1. The van der Waals surface area contributed by atoms with Gasteiger partial charge in [-0.25, -0.2) is 19.2 Å². The van der Waals surface area contributed by atoms with Crippen LogP contribution < -0.4 is 23.7 Å². The first kappa shape index (κ1) is 46.1. The zero-order valence-electron chi connectivity index (χ0n) is 39.2. The molecule has 350 valence electrons. The largest absolute Gasteiger partial charge is 0.497 e. The Balaban J connectivity index is 1.10. The van der Waals surface area contributed by atoms with Crippen LogP contribution in [0.5, 0.6) is 28.7 Å². The first-order chi connectivity index (χ1) is 35.2. The van der Waals surface area contributed by atoms with Gasteiger partial charge in [-0.1, -0.05) is 128 Å². The average molecular weight is 945 g/mol. The van der Waals surface area contributed by atoms with Gasteiger partial charge in [0.1, 0.15) is 28.7 Å². The van der Waals surface area contributed by atoms with Crippen molar-refractivity contribution in [2.45, 2.75) is 13.3 Å². The lowest BCUT2D eigenvalue weighted by atomic mass is 9.84. The molecule has 0 aromatic heterocycles. The number of aryl methyl sites for hydroxylation is 1. The number of carbonyl (C=O) groups excluding carboxylic acids is 4. The molecule has 0 bridgehead atoms. The molecular weight excluding hydrogens is 901 g/mol. The molecule has 0 N–H and O–H groups in total. The van der Waals surface area contributed by atoms with Crippen LogP contribution in [0.25, 0.3) is 54.9 Å². The molecule has 0 radical (unpaired) electrons. The highest BCUT2D eigenvalue weighted by atomic mass is 16.5. The summed E-state index contributed by atoms with van der Waals surface area (Å²) in [6.07, 6.45) is 0.844. The minimum atomic E-state index is -0.681. The fraction of sp³-hybridized carbons (Fsp3) is 0.0476. The molecule has 0 heterocycles. The predicted molar refractivity (Wildman–Crippen MR) is 279 cm³/mol. The van der Waals surface area contributed by atoms with E-state index < -0.39 is 23.9 Å². The first-order valence-corrected chi connectivity index (χ1v) is 23.3. The Morgan fingerprint density at radius 3 is 1.07 bits per heavy atom. The standard InChI is InChI=1S/C63H44O9/c1-3-40-22-24-43(25-23-40)60(64)69-50-34-28-45(29-35-50)62(66)71-58-52-20-12-10-18-47(52)38-54(41-14-6-4-7-15-41)56(58)57-55(42-16-8-5-9-17-42)39-48-19-11-13-21-53(48)59(57)72-63(67)46-30-36-51(37-31-46)70-61(65)44-26-32-49(68-2)33-27-44/h4-39H,3H2,1-2H3. The van der Waals surface area contributed by atoms with Crippen molar-refractivity contribution in [3.63, 3.8) is 0 Å². The van der Waals surface area contributed by atoms with E-state index in [1.807, 2.05) is 128 Å². The van der Waals surface area contributed by atoms with Crippen LogP contribution >= 0.6 is 0 Å². The number of carbonyl (C=O) groups is 4. The Kier molecular flexibility index (Phi) is 13.2. The van der Waals surface area contributed by atoms with Crippen molar-refractivity contribution in [1.29, 1.82) is 0 Å². The number of fused-ring (bicyclic) bond motifs is 2. The average Bonchev–Trinajstić information content (AvgIpc) is 3.43. The molecule has 0 saturated carbocycles. The fourth-order valence-electron chi connectivity index (χ4n) is 8.58. The minimum absolute atomic E-state index is 0.191. The summed E-state index contributed by atoms with van der Waals surface area (Å²) in [5, 5.41) is 2.85. The molecule has 0 spiro atoms. The Labute approximate surface area is 415 Å². The topological polar surface area (TPSA) is 114 Å². The maximum absolute atomic E-state index is 14.7. The number of rotatable bonds is 13. The minimum Gasteiger partial charge on any atom is -0.497 e. The molecule has 0 saturated heterocycles. The third-order valence-corrected chi connectivity index (χ3v) is 12.3. The Bertz CT molecular complexity index is 3380. The van der Waals surface area contributed by atoms with E-state index in [0.717, 1.165) is 33.9 Å². The summed E-state index contributed by atoms with van der Waals surface area (Å²) in [5.41, 5.74) is 6.27. The van der Waals surface area contributed by atoms with Gasteiger partial charge < -0.3 is 23.7 Å². The van der Waals surface area contributed by atoms with Gasteiger partial charge in [0.25, 0.3) is 0 Å². The van der Waals surface area contributed by atoms with E-state index in [1.165, 1.54) is 24.3 Å². The summed E-state index contributed by atoms with van der Waals surface area (Å²) in [5.74, 6) is -0.900. The molecule has 10 rings (SSSR count). The van der Waals surface area contributed by atoms with Crippen molar-refractivity contribution in [3.8, 4) is 62.1 Å². The highest BCUT2D eigenvalue weighted by Gasteiger charge is 2.29. The quantitative estimate of drug-likeness (QED) is 0.0823. The molecule has 0 fully saturated rings. The maximum Gasteiger partial charge on any atom is 0.343 e. The molecule has 72 heavy (non-hydrogen) atoms. The molecule has 10 aromatic carbocycles. The molecule has 9 heteroatoms. The molecular formula is C63H44O9. The van der Waals surface area contributed by atoms with Crippen LogP contribution in [0.2, 0.25) is 0 Å². The number of hydrogen-bond donors (Lipinski definition) is 0. The van der Waals surface area contributed by atoms with Crippen LogP contribution in [0.3, 0.4) is 0 Å². The van der Waals surface area contributed by atoms with E-state index in [1.54, 1.807) is 67.8 Å². The zero-order valence-corrected chi connectivity index (χ0v) is 39.2. The van der Waals surface area contributed by atoms with E-state index in [2.05, 4.69) is 12.1 Å². The number of esters is 4. The molecule has 0 aliphatic heterocycles. The van der Waals surface area contributed by atoms with Crippen molar-refractivity contribution >= 4 is 45.4 Å². The van der Waals surface area contributed by atoms with Gasteiger partial charge >= 0.3 is 23.9 Å². The summed E-state index contributed by atoms with van der Waals surface area (Å²) in [4.78, 5) is 55.4. The first-order valence-electron chi connectivity index (χ1n) is 23.3. The predicted octanol–water partition coefficient (Wildman–Crippen LogP) is 14.4. The summed E-state index contributed by atoms with van der Waals surface area (Å²) < 4.78 is 29.9. The van der Waals surface area contributed by atoms with Gasteiger partial charge in [-0.2, -0.15) is 0 Å².